The van der Waals surface area contributed by atoms with Crippen molar-refractivity contribution in [3.05, 3.63) is 23.8 Å². The van der Waals surface area contributed by atoms with Gasteiger partial charge in [-0.05, 0) is 17.7 Å². The molecule has 0 fully saturated rings. The number of carbonyl (C=O) groups excluding carboxylic acids is 1. The van der Waals surface area contributed by atoms with Gasteiger partial charge in [0.25, 0.3) is 0 Å². The Bertz CT molecular complexity index is 397. The number of amides is 1. The third-order valence-corrected chi connectivity index (χ3v) is 3.53. The van der Waals surface area contributed by atoms with E-state index in [2.05, 4.69) is 5.32 Å². The van der Waals surface area contributed by atoms with E-state index in [0.717, 1.165) is 16.1 Å². The Morgan fingerprint density at radius 1 is 1.60 bits per heavy atom. The van der Waals surface area contributed by atoms with Crippen LogP contribution in [0, 0.1) is 0 Å². The molecule has 0 bridgehead atoms. The van der Waals surface area contributed by atoms with Gasteiger partial charge >= 0.3 is 0 Å². The van der Waals surface area contributed by atoms with Crippen molar-refractivity contribution >= 4 is 35.0 Å². The first-order valence-corrected chi connectivity index (χ1v) is 6.03. The van der Waals surface area contributed by atoms with Gasteiger partial charge in [-0.3, -0.25) is 4.79 Å². The van der Waals surface area contributed by atoms with E-state index in [-0.39, 0.29) is 11.8 Å². The van der Waals surface area contributed by atoms with E-state index >= 15 is 0 Å². The number of benzene rings is 1. The predicted molar refractivity (Wildman–Crippen MR) is 61.5 cm³/mol. The van der Waals surface area contributed by atoms with Crippen LogP contribution < -0.4 is 5.32 Å². The quantitative estimate of drug-likeness (QED) is 0.782. The van der Waals surface area contributed by atoms with E-state index in [9.17, 15) is 9.90 Å². The second-order valence-corrected chi connectivity index (χ2v) is 4.59. The summed E-state index contributed by atoms with van der Waals surface area (Å²) in [5.41, 5.74) is 1.49. The molecule has 0 aliphatic carbocycles. The number of alkyl halides is 1. The summed E-state index contributed by atoms with van der Waals surface area (Å²) in [6.07, 6.45) is -0.680. The van der Waals surface area contributed by atoms with Crippen molar-refractivity contribution in [3.8, 4) is 0 Å². The summed E-state index contributed by atoms with van der Waals surface area (Å²) in [7, 11) is 0. The summed E-state index contributed by atoms with van der Waals surface area (Å²) in [6.45, 7) is 0. The molecule has 2 rings (SSSR count). The molecule has 0 aromatic heterocycles. The third kappa shape index (κ3) is 2.27. The molecule has 5 heteroatoms. The van der Waals surface area contributed by atoms with Crippen molar-refractivity contribution in [1.82, 2.24) is 0 Å². The minimum atomic E-state index is -0.680. The molecule has 1 unspecified atom stereocenters. The second-order valence-electron chi connectivity index (χ2n) is 3.26. The van der Waals surface area contributed by atoms with E-state index < -0.39 is 6.10 Å². The number of aliphatic hydroxyl groups excluding tert-OH is 1. The average molecular weight is 244 g/mol. The minimum Gasteiger partial charge on any atom is -0.387 e. The van der Waals surface area contributed by atoms with Gasteiger partial charge in [-0.15, -0.1) is 23.4 Å². The molecule has 1 atom stereocenters. The molecule has 1 amide bonds. The van der Waals surface area contributed by atoms with Crippen LogP contribution >= 0.6 is 23.4 Å². The van der Waals surface area contributed by atoms with Gasteiger partial charge in [0.1, 0.15) is 0 Å². The molecule has 1 aromatic carbocycles. The fraction of sp³-hybridized carbons (Fsp3) is 0.300. The molecular formula is C10H10ClNO2S. The monoisotopic (exact) mass is 243 g/mol. The lowest BCUT2D eigenvalue weighted by atomic mass is 10.1. The van der Waals surface area contributed by atoms with Gasteiger partial charge in [-0.2, -0.15) is 0 Å². The van der Waals surface area contributed by atoms with Gasteiger partial charge in [-0.1, -0.05) is 6.07 Å². The van der Waals surface area contributed by atoms with Gasteiger partial charge in [0.15, 0.2) is 0 Å². The Balaban J connectivity index is 2.32. The molecule has 1 aromatic rings. The number of halogens is 1. The van der Waals surface area contributed by atoms with Crippen LogP contribution in [0.25, 0.3) is 0 Å². The van der Waals surface area contributed by atoms with Gasteiger partial charge in [0, 0.05) is 4.90 Å². The lowest BCUT2D eigenvalue weighted by Gasteiger charge is -2.18. The molecule has 1 aliphatic heterocycles. The Morgan fingerprint density at radius 2 is 2.40 bits per heavy atom. The number of aliphatic hydroxyl groups is 1. The molecule has 1 aliphatic rings. The maximum atomic E-state index is 11.2. The van der Waals surface area contributed by atoms with Gasteiger partial charge in [0.2, 0.25) is 5.91 Å². The van der Waals surface area contributed by atoms with Crippen LogP contribution in [0.5, 0.6) is 0 Å². The van der Waals surface area contributed by atoms with Crippen molar-refractivity contribution < 1.29 is 9.90 Å². The van der Waals surface area contributed by atoms with Crippen LogP contribution in [0.1, 0.15) is 11.7 Å². The number of carbonyl (C=O) groups is 1. The summed E-state index contributed by atoms with van der Waals surface area (Å²) in [5, 5.41) is 12.3. The molecule has 0 radical (unpaired) electrons. The Kier molecular flexibility index (Phi) is 3.19. The topological polar surface area (TPSA) is 49.3 Å². The maximum Gasteiger partial charge on any atom is 0.234 e. The van der Waals surface area contributed by atoms with Crippen LogP contribution in [0.2, 0.25) is 0 Å². The lowest BCUT2D eigenvalue weighted by molar-refractivity contribution is -0.113. The minimum absolute atomic E-state index is 0.00925. The van der Waals surface area contributed by atoms with Crippen molar-refractivity contribution in [2.45, 2.75) is 11.0 Å². The molecule has 3 nitrogen and oxygen atoms in total. The lowest BCUT2D eigenvalue weighted by Crippen LogP contribution is -2.19. The van der Waals surface area contributed by atoms with Crippen LogP contribution in [0.15, 0.2) is 23.1 Å². The molecule has 2 N–H and O–H groups in total. The number of hydrogen-bond donors (Lipinski definition) is 2. The molecule has 1 heterocycles. The molecule has 0 spiro atoms. The maximum absolute atomic E-state index is 11.2. The van der Waals surface area contributed by atoms with Gasteiger partial charge in [0.05, 0.1) is 23.4 Å². The number of thioether (sulfide) groups is 1. The van der Waals surface area contributed by atoms with Crippen molar-refractivity contribution in [1.29, 1.82) is 0 Å². The molecule has 0 saturated carbocycles. The van der Waals surface area contributed by atoms with Crippen LogP contribution in [-0.2, 0) is 4.79 Å². The van der Waals surface area contributed by atoms with Crippen molar-refractivity contribution in [2.24, 2.45) is 0 Å². The largest absolute Gasteiger partial charge is 0.387 e. The Morgan fingerprint density at radius 3 is 3.13 bits per heavy atom. The zero-order valence-corrected chi connectivity index (χ0v) is 9.44. The molecule has 80 valence electrons. The van der Waals surface area contributed by atoms with E-state index in [1.165, 1.54) is 11.8 Å². The number of fused-ring (bicyclic) bond motifs is 1. The highest BCUT2D eigenvalue weighted by molar-refractivity contribution is 8.00. The summed E-state index contributed by atoms with van der Waals surface area (Å²) in [6, 6.07) is 5.49. The fourth-order valence-electron chi connectivity index (χ4n) is 1.40. The molecule has 15 heavy (non-hydrogen) atoms. The summed E-state index contributed by atoms with van der Waals surface area (Å²) < 4.78 is 0. The van der Waals surface area contributed by atoms with E-state index in [1.807, 2.05) is 12.1 Å². The Hall–Kier alpha value is -0.710. The summed E-state index contributed by atoms with van der Waals surface area (Å²) in [4.78, 5) is 12.2. The predicted octanol–water partition coefficient (Wildman–Crippen LogP) is 2.00. The zero-order chi connectivity index (χ0) is 10.8. The summed E-state index contributed by atoms with van der Waals surface area (Å²) in [5.74, 6) is 0.592. The second kappa shape index (κ2) is 4.43. The average Bonchev–Trinajstić information content (AvgIpc) is 2.27. The normalized spacial score (nSPS) is 16.8. The standard InChI is InChI=1S/C10H10ClNO2S/c11-4-8(13)6-1-2-9-7(3-6)12-10(14)5-15-9/h1-3,8,13H,4-5H2,(H,12,14). The first-order valence-electron chi connectivity index (χ1n) is 4.51. The van der Waals surface area contributed by atoms with Crippen molar-refractivity contribution in [2.75, 3.05) is 16.9 Å². The number of rotatable bonds is 2. The summed E-state index contributed by atoms with van der Waals surface area (Å²) >= 11 is 7.05. The van der Waals surface area contributed by atoms with E-state index in [1.54, 1.807) is 6.07 Å². The van der Waals surface area contributed by atoms with E-state index in [0.29, 0.717) is 5.75 Å². The first kappa shape index (κ1) is 10.8. The highest BCUT2D eigenvalue weighted by Gasteiger charge is 2.16. The number of anilines is 1. The molecule has 0 saturated heterocycles. The van der Waals surface area contributed by atoms with Gasteiger partial charge in [-0.25, -0.2) is 0 Å². The smallest absolute Gasteiger partial charge is 0.234 e. The van der Waals surface area contributed by atoms with Crippen molar-refractivity contribution in [3.63, 3.8) is 0 Å². The highest BCUT2D eigenvalue weighted by Crippen LogP contribution is 2.33. The van der Waals surface area contributed by atoms with Crippen LogP contribution in [0.4, 0.5) is 5.69 Å². The zero-order valence-electron chi connectivity index (χ0n) is 7.87. The number of nitrogens with one attached hydrogen (secondary N) is 1. The van der Waals surface area contributed by atoms with Crippen LogP contribution in [-0.4, -0.2) is 22.6 Å². The third-order valence-electron chi connectivity index (χ3n) is 2.17. The Labute approximate surface area is 96.8 Å². The molecular weight excluding hydrogens is 234 g/mol. The number of hydrogen-bond acceptors (Lipinski definition) is 3. The van der Waals surface area contributed by atoms with Gasteiger partial charge < -0.3 is 10.4 Å². The van der Waals surface area contributed by atoms with Crippen LogP contribution in [0.3, 0.4) is 0 Å². The first-order chi connectivity index (χ1) is 7.20. The SMILES string of the molecule is O=C1CSc2ccc(C(O)CCl)cc2N1. The highest BCUT2D eigenvalue weighted by atomic mass is 35.5. The van der Waals surface area contributed by atoms with E-state index in [4.69, 9.17) is 11.6 Å². The fourth-order valence-corrected chi connectivity index (χ4v) is 2.36.